The molecule has 0 amide bonds. The second kappa shape index (κ2) is 9.01. The maximum Gasteiger partial charge on any atom is 0.269 e. The summed E-state index contributed by atoms with van der Waals surface area (Å²) < 4.78 is 11.3. The van der Waals surface area contributed by atoms with Gasteiger partial charge in [-0.15, -0.1) is 0 Å². The number of nitro groups is 1. The van der Waals surface area contributed by atoms with E-state index in [-0.39, 0.29) is 12.3 Å². The van der Waals surface area contributed by atoms with E-state index in [1.807, 2.05) is 38.1 Å². The van der Waals surface area contributed by atoms with Crippen molar-refractivity contribution in [3.05, 3.63) is 93.0 Å². The van der Waals surface area contributed by atoms with E-state index in [4.69, 9.17) is 9.47 Å². The standard InChI is InChI=1S/C23H22N2O4/c1-16-4-5-17(2)21(12-16)24-14-19-8-11-22(23(13-19)28-3)29-15-18-6-9-20(10-7-18)25(26)27/h4-14H,15H2,1-3H3. The third-order valence-corrected chi connectivity index (χ3v) is 4.45. The number of aryl methyl sites for hydroxylation is 2. The highest BCUT2D eigenvalue weighted by atomic mass is 16.6. The van der Waals surface area contributed by atoms with Gasteiger partial charge in [0, 0.05) is 18.3 Å². The van der Waals surface area contributed by atoms with Crippen LogP contribution in [0.1, 0.15) is 22.3 Å². The molecule has 0 saturated heterocycles. The van der Waals surface area contributed by atoms with Crippen molar-refractivity contribution in [3.63, 3.8) is 0 Å². The molecule has 0 atom stereocenters. The quantitative estimate of drug-likeness (QED) is 0.301. The lowest BCUT2D eigenvalue weighted by Crippen LogP contribution is -1.99. The number of rotatable bonds is 7. The predicted molar refractivity (Wildman–Crippen MR) is 114 cm³/mol. The monoisotopic (exact) mass is 390 g/mol. The molecule has 3 aromatic rings. The number of hydrogen-bond acceptors (Lipinski definition) is 5. The molecule has 0 aromatic heterocycles. The number of methoxy groups -OCH3 is 1. The number of aliphatic imine (C=N–C) groups is 1. The first-order valence-electron chi connectivity index (χ1n) is 9.12. The predicted octanol–water partition coefficient (Wildman–Crippen LogP) is 5.55. The summed E-state index contributed by atoms with van der Waals surface area (Å²) in [5, 5.41) is 10.7. The summed E-state index contributed by atoms with van der Waals surface area (Å²) in [4.78, 5) is 14.9. The lowest BCUT2D eigenvalue weighted by Gasteiger charge is -2.11. The van der Waals surface area contributed by atoms with E-state index < -0.39 is 4.92 Å². The number of ether oxygens (including phenoxy) is 2. The molecule has 0 aliphatic rings. The van der Waals surface area contributed by atoms with E-state index in [9.17, 15) is 10.1 Å². The summed E-state index contributed by atoms with van der Waals surface area (Å²) in [6.45, 7) is 4.35. The highest BCUT2D eigenvalue weighted by Gasteiger charge is 2.08. The third kappa shape index (κ3) is 5.19. The highest BCUT2D eigenvalue weighted by molar-refractivity contribution is 5.83. The van der Waals surface area contributed by atoms with Gasteiger partial charge in [0.15, 0.2) is 11.5 Å². The Kier molecular flexibility index (Phi) is 6.24. The fraction of sp³-hybridized carbons (Fsp3) is 0.174. The molecular formula is C23H22N2O4. The van der Waals surface area contributed by atoms with E-state index >= 15 is 0 Å². The summed E-state index contributed by atoms with van der Waals surface area (Å²) >= 11 is 0. The maximum absolute atomic E-state index is 10.7. The lowest BCUT2D eigenvalue weighted by atomic mass is 10.1. The van der Waals surface area contributed by atoms with Gasteiger partial charge in [-0.25, -0.2) is 0 Å². The summed E-state index contributed by atoms with van der Waals surface area (Å²) in [6.07, 6.45) is 1.80. The van der Waals surface area contributed by atoms with E-state index in [2.05, 4.69) is 17.1 Å². The molecule has 148 valence electrons. The average molecular weight is 390 g/mol. The number of hydrogen-bond donors (Lipinski definition) is 0. The van der Waals surface area contributed by atoms with E-state index in [0.717, 1.165) is 27.9 Å². The van der Waals surface area contributed by atoms with Gasteiger partial charge in [-0.05, 0) is 72.5 Å². The van der Waals surface area contributed by atoms with Crippen LogP contribution < -0.4 is 9.47 Å². The minimum atomic E-state index is -0.424. The minimum absolute atomic E-state index is 0.0545. The van der Waals surface area contributed by atoms with Crippen molar-refractivity contribution in [2.75, 3.05) is 7.11 Å². The van der Waals surface area contributed by atoms with E-state index in [1.165, 1.54) is 12.1 Å². The molecule has 29 heavy (non-hydrogen) atoms. The van der Waals surface area contributed by atoms with Crippen LogP contribution in [0.3, 0.4) is 0 Å². The fourth-order valence-corrected chi connectivity index (χ4v) is 2.76. The van der Waals surface area contributed by atoms with Crippen LogP contribution in [-0.4, -0.2) is 18.2 Å². The zero-order chi connectivity index (χ0) is 20.8. The van der Waals surface area contributed by atoms with Crippen LogP contribution in [0.25, 0.3) is 0 Å². The van der Waals surface area contributed by atoms with Gasteiger partial charge in [0.05, 0.1) is 17.7 Å². The molecule has 0 radical (unpaired) electrons. The van der Waals surface area contributed by atoms with Crippen LogP contribution in [0, 0.1) is 24.0 Å². The molecule has 0 spiro atoms. The van der Waals surface area contributed by atoms with Gasteiger partial charge in [0.25, 0.3) is 5.69 Å². The molecule has 0 fully saturated rings. The maximum atomic E-state index is 10.7. The van der Waals surface area contributed by atoms with Crippen molar-refractivity contribution in [1.29, 1.82) is 0 Å². The second-order valence-electron chi connectivity index (χ2n) is 6.67. The molecule has 0 saturated carbocycles. The molecule has 0 bridgehead atoms. The Labute approximate surface area is 169 Å². The van der Waals surface area contributed by atoms with Gasteiger partial charge in [-0.3, -0.25) is 15.1 Å². The van der Waals surface area contributed by atoms with Crippen LogP contribution in [0.15, 0.2) is 65.7 Å². The summed E-state index contributed by atoms with van der Waals surface area (Å²) in [5.74, 6) is 1.19. The first-order valence-corrected chi connectivity index (χ1v) is 9.12. The van der Waals surface area contributed by atoms with Gasteiger partial charge in [-0.1, -0.05) is 12.1 Å². The Morgan fingerprint density at radius 2 is 1.76 bits per heavy atom. The fourth-order valence-electron chi connectivity index (χ4n) is 2.76. The molecule has 0 N–H and O–H groups in total. The Hall–Kier alpha value is -3.67. The highest BCUT2D eigenvalue weighted by Crippen LogP contribution is 2.29. The molecule has 0 unspecified atom stereocenters. The Morgan fingerprint density at radius 3 is 2.45 bits per heavy atom. The number of benzene rings is 3. The van der Waals surface area contributed by atoms with Crippen LogP contribution >= 0.6 is 0 Å². The molecule has 0 aliphatic carbocycles. The Bertz CT molecular complexity index is 1040. The van der Waals surface area contributed by atoms with Crippen LogP contribution in [0.2, 0.25) is 0 Å². The van der Waals surface area contributed by atoms with Crippen molar-refractivity contribution >= 4 is 17.6 Å². The molecule has 6 heteroatoms. The first kappa shape index (κ1) is 20.1. The molecule has 3 aromatic carbocycles. The Balaban J connectivity index is 1.72. The third-order valence-electron chi connectivity index (χ3n) is 4.45. The minimum Gasteiger partial charge on any atom is -0.493 e. The van der Waals surface area contributed by atoms with Gasteiger partial charge >= 0.3 is 0 Å². The van der Waals surface area contributed by atoms with Gasteiger partial charge in [-0.2, -0.15) is 0 Å². The summed E-state index contributed by atoms with van der Waals surface area (Å²) in [6, 6.07) is 18.0. The van der Waals surface area contributed by atoms with Crippen molar-refractivity contribution in [2.45, 2.75) is 20.5 Å². The van der Waals surface area contributed by atoms with E-state index in [0.29, 0.717) is 11.5 Å². The normalized spacial score (nSPS) is 10.9. The second-order valence-corrected chi connectivity index (χ2v) is 6.67. The summed E-state index contributed by atoms with van der Waals surface area (Å²) in [5.41, 5.74) is 4.99. The number of nitro benzene ring substituents is 1. The molecular weight excluding hydrogens is 368 g/mol. The van der Waals surface area contributed by atoms with Crippen molar-refractivity contribution in [2.24, 2.45) is 4.99 Å². The van der Waals surface area contributed by atoms with Crippen molar-refractivity contribution in [3.8, 4) is 11.5 Å². The largest absolute Gasteiger partial charge is 0.493 e. The van der Waals surface area contributed by atoms with Crippen molar-refractivity contribution < 1.29 is 14.4 Å². The zero-order valence-electron chi connectivity index (χ0n) is 16.6. The van der Waals surface area contributed by atoms with Gasteiger partial charge < -0.3 is 9.47 Å². The number of nitrogens with zero attached hydrogens (tertiary/aromatic N) is 2. The molecule has 0 heterocycles. The topological polar surface area (TPSA) is 74.0 Å². The summed E-state index contributed by atoms with van der Waals surface area (Å²) in [7, 11) is 1.58. The smallest absolute Gasteiger partial charge is 0.269 e. The van der Waals surface area contributed by atoms with Crippen molar-refractivity contribution in [1.82, 2.24) is 0 Å². The molecule has 0 aliphatic heterocycles. The lowest BCUT2D eigenvalue weighted by molar-refractivity contribution is -0.384. The Morgan fingerprint density at radius 1 is 1.00 bits per heavy atom. The van der Waals surface area contributed by atoms with Gasteiger partial charge in [0.1, 0.15) is 6.61 Å². The molecule has 6 nitrogen and oxygen atoms in total. The number of non-ortho nitro benzene ring substituents is 1. The van der Waals surface area contributed by atoms with Crippen LogP contribution in [0.5, 0.6) is 11.5 Å². The van der Waals surface area contributed by atoms with E-state index in [1.54, 1.807) is 25.5 Å². The van der Waals surface area contributed by atoms with Crippen LogP contribution in [-0.2, 0) is 6.61 Å². The SMILES string of the molecule is COc1cc(C=Nc2cc(C)ccc2C)ccc1OCc1ccc([N+](=O)[O-])cc1. The van der Waals surface area contributed by atoms with Crippen LogP contribution in [0.4, 0.5) is 11.4 Å². The molecule has 3 rings (SSSR count). The van der Waals surface area contributed by atoms with Gasteiger partial charge in [0.2, 0.25) is 0 Å². The first-order chi connectivity index (χ1) is 14.0. The average Bonchev–Trinajstić information content (AvgIpc) is 2.73. The zero-order valence-corrected chi connectivity index (χ0v) is 16.6.